The first kappa shape index (κ1) is 21.6. The topological polar surface area (TPSA) is 26.3 Å². The quantitative estimate of drug-likeness (QED) is 0.341. The van der Waals surface area contributed by atoms with E-state index in [9.17, 15) is 4.79 Å². The molecule has 0 aromatic heterocycles. The standard InChI is InChI=1S/C27H36O2/c1-3-5-6-22-15-19-26(20-16-22)29-27(28)25-17-13-24(14-18-25)12-11-23-9-7-21(4-2)8-10-23/h3-4,11-14,17-18,21-23,26H,1-2,5-10,15-16,19-20H2. The Morgan fingerprint density at radius 2 is 1.59 bits per heavy atom. The highest BCUT2D eigenvalue weighted by molar-refractivity contribution is 5.89. The molecular weight excluding hydrogens is 356 g/mol. The number of hydrogen-bond donors (Lipinski definition) is 0. The molecule has 0 aliphatic heterocycles. The molecule has 0 amide bonds. The Morgan fingerprint density at radius 3 is 2.21 bits per heavy atom. The number of hydrogen-bond acceptors (Lipinski definition) is 2. The van der Waals surface area contributed by atoms with Crippen LogP contribution in [0.2, 0.25) is 0 Å². The molecule has 29 heavy (non-hydrogen) atoms. The molecule has 156 valence electrons. The fraction of sp³-hybridized carbons (Fsp3) is 0.519. The lowest BCUT2D eigenvalue weighted by atomic mass is 9.82. The number of rotatable bonds is 8. The van der Waals surface area contributed by atoms with Crippen molar-refractivity contribution >= 4 is 12.0 Å². The van der Waals surface area contributed by atoms with Gasteiger partial charge in [-0.05, 0) is 99.7 Å². The SMILES string of the molecule is C=CCCC1CCC(OC(=O)c2ccc(C=CC3CCC(C=C)CC3)cc2)CC1. The Bertz CT molecular complexity index is 684. The van der Waals surface area contributed by atoms with Gasteiger partial charge in [-0.1, -0.05) is 36.4 Å². The normalized spacial score (nSPS) is 27.4. The number of carbonyl (C=O) groups is 1. The van der Waals surface area contributed by atoms with Gasteiger partial charge in [-0.3, -0.25) is 0 Å². The summed E-state index contributed by atoms with van der Waals surface area (Å²) in [4.78, 5) is 12.5. The van der Waals surface area contributed by atoms with Crippen LogP contribution in [-0.2, 0) is 4.74 Å². The van der Waals surface area contributed by atoms with Gasteiger partial charge in [0.1, 0.15) is 6.10 Å². The van der Waals surface area contributed by atoms with E-state index in [1.807, 2.05) is 30.3 Å². The van der Waals surface area contributed by atoms with E-state index >= 15 is 0 Å². The monoisotopic (exact) mass is 392 g/mol. The molecule has 2 aliphatic carbocycles. The van der Waals surface area contributed by atoms with Crippen molar-refractivity contribution in [2.24, 2.45) is 17.8 Å². The summed E-state index contributed by atoms with van der Waals surface area (Å²) in [6, 6.07) is 7.84. The van der Waals surface area contributed by atoms with Crippen molar-refractivity contribution in [3.63, 3.8) is 0 Å². The predicted octanol–water partition coefficient (Wildman–Crippen LogP) is 7.37. The van der Waals surface area contributed by atoms with E-state index in [0.717, 1.165) is 43.6 Å². The Hall–Kier alpha value is -2.09. The van der Waals surface area contributed by atoms with Gasteiger partial charge in [0.2, 0.25) is 0 Å². The highest BCUT2D eigenvalue weighted by Gasteiger charge is 2.24. The summed E-state index contributed by atoms with van der Waals surface area (Å²) in [6.45, 7) is 7.72. The van der Waals surface area contributed by atoms with E-state index in [2.05, 4.69) is 31.4 Å². The van der Waals surface area contributed by atoms with Crippen LogP contribution in [-0.4, -0.2) is 12.1 Å². The molecule has 3 rings (SSSR count). The van der Waals surface area contributed by atoms with Gasteiger partial charge in [-0.15, -0.1) is 13.2 Å². The Morgan fingerprint density at radius 1 is 0.931 bits per heavy atom. The smallest absolute Gasteiger partial charge is 0.338 e. The van der Waals surface area contributed by atoms with Crippen molar-refractivity contribution in [1.82, 2.24) is 0 Å². The van der Waals surface area contributed by atoms with Crippen molar-refractivity contribution in [3.05, 3.63) is 66.8 Å². The Labute approximate surface area is 176 Å². The van der Waals surface area contributed by atoms with Gasteiger partial charge >= 0.3 is 5.97 Å². The highest BCUT2D eigenvalue weighted by atomic mass is 16.5. The molecule has 2 aliphatic rings. The summed E-state index contributed by atoms with van der Waals surface area (Å²) in [6.07, 6.45) is 20.3. The zero-order valence-electron chi connectivity index (χ0n) is 17.7. The molecule has 2 nitrogen and oxygen atoms in total. The van der Waals surface area contributed by atoms with E-state index in [1.54, 1.807) is 0 Å². The van der Waals surface area contributed by atoms with Gasteiger partial charge in [0.15, 0.2) is 0 Å². The molecule has 0 spiro atoms. The van der Waals surface area contributed by atoms with E-state index in [0.29, 0.717) is 17.4 Å². The first-order valence-electron chi connectivity index (χ1n) is 11.4. The largest absolute Gasteiger partial charge is 0.459 e. The van der Waals surface area contributed by atoms with Crippen LogP contribution in [0.25, 0.3) is 6.08 Å². The maximum Gasteiger partial charge on any atom is 0.338 e. The lowest BCUT2D eigenvalue weighted by Crippen LogP contribution is -2.24. The molecular formula is C27H36O2. The third-order valence-electron chi connectivity index (χ3n) is 6.70. The minimum absolute atomic E-state index is 0.0766. The van der Waals surface area contributed by atoms with Crippen LogP contribution in [0.5, 0.6) is 0 Å². The van der Waals surface area contributed by atoms with Gasteiger partial charge in [0.05, 0.1) is 5.56 Å². The van der Waals surface area contributed by atoms with Gasteiger partial charge < -0.3 is 4.74 Å². The molecule has 1 aromatic rings. The van der Waals surface area contributed by atoms with Gasteiger partial charge in [0, 0.05) is 0 Å². The molecule has 0 atom stereocenters. The van der Waals surface area contributed by atoms with E-state index in [1.165, 1.54) is 32.1 Å². The third kappa shape index (κ3) is 6.73. The molecule has 2 heteroatoms. The second kappa shape index (κ2) is 11.2. The van der Waals surface area contributed by atoms with Crippen LogP contribution in [0.4, 0.5) is 0 Å². The van der Waals surface area contributed by atoms with Crippen LogP contribution in [0.3, 0.4) is 0 Å². The summed E-state index contributed by atoms with van der Waals surface area (Å²) in [5.74, 6) is 1.95. The van der Waals surface area contributed by atoms with Crippen molar-refractivity contribution in [2.45, 2.75) is 70.3 Å². The number of carbonyl (C=O) groups excluding carboxylic acids is 1. The van der Waals surface area contributed by atoms with E-state index in [4.69, 9.17) is 4.74 Å². The van der Waals surface area contributed by atoms with Crippen molar-refractivity contribution in [2.75, 3.05) is 0 Å². The molecule has 0 saturated heterocycles. The van der Waals surface area contributed by atoms with Crippen LogP contribution < -0.4 is 0 Å². The molecule has 2 saturated carbocycles. The summed E-state index contributed by atoms with van der Waals surface area (Å²) in [5, 5.41) is 0. The Kier molecular flexibility index (Phi) is 8.34. The maximum absolute atomic E-state index is 12.5. The fourth-order valence-electron chi connectivity index (χ4n) is 4.66. The van der Waals surface area contributed by atoms with E-state index in [-0.39, 0.29) is 12.1 Å². The van der Waals surface area contributed by atoms with Crippen molar-refractivity contribution in [1.29, 1.82) is 0 Å². The zero-order valence-corrected chi connectivity index (χ0v) is 17.7. The van der Waals surface area contributed by atoms with Crippen molar-refractivity contribution < 1.29 is 9.53 Å². The van der Waals surface area contributed by atoms with E-state index < -0.39 is 0 Å². The second-order valence-corrected chi connectivity index (χ2v) is 8.81. The average Bonchev–Trinajstić information content (AvgIpc) is 2.78. The van der Waals surface area contributed by atoms with Crippen LogP contribution >= 0.6 is 0 Å². The minimum Gasteiger partial charge on any atom is -0.459 e. The zero-order chi connectivity index (χ0) is 20.5. The maximum atomic E-state index is 12.5. The minimum atomic E-state index is -0.183. The molecule has 0 N–H and O–H groups in total. The lowest BCUT2D eigenvalue weighted by molar-refractivity contribution is 0.0162. The lowest BCUT2D eigenvalue weighted by Gasteiger charge is -2.28. The molecule has 0 bridgehead atoms. The first-order chi connectivity index (χ1) is 14.2. The number of ether oxygens (including phenoxy) is 1. The summed E-state index contributed by atoms with van der Waals surface area (Å²) in [7, 11) is 0. The van der Waals surface area contributed by atoms with Gasteiger partial charge in [-0.25, -0.2) is 4.79 Å². The Balaban J connectivity index is 1.44. The highest BCUT2D eigenvalue weighted by Crippen LogP contribution is 2.31. The summed E-state index contributed by atoms with van der Waals surface area (Å²) >= 11 is 0. The van der Waals surface area contributed by atoms with Crippen LogP contribution in [0, 0.1) is 17.8 Å². The van der Waals surface area contributed by atoms with Gasteiger partial charge in [0.25, 0.3) is 0 Å². The molecule has 0 unspecified atom stereocenters. The summed E-state index contributed by atoms with van der Waals surface area (Å²) < 4.78 is 5.76. The second-order valence-electron chi connectivity index (χ2n) is 8.81. The average molecular weight is 393 g/mol. The van der Waals surface area contributed by atoms with Crippen LogP contribution in [0.1, 0.15) is 80.1 Å². The third-order valence-corrected chi connectivity index (χ3v) is 6.70. The van der Waals surface area contributed by atoms with Crippen molar-refractivity contribution in [3.8, 4) is 0 Å². The molecule has 0 heterocycles. The van der Waals surface area contributed by atoms with Gasteiger partial charge in [-0.2, -0.15) is 0 Å². The predicted molar refractivity (Wildman–Crippen MR) is 122 cm³/mol. The number of esters is 1. The first-order valence-corrected chi connectivity index (χ1v) is 11.4. The summed E-state index contributed by atoms with van der Waals surface area (Å²) in [5.41, 5.74) is 1.80. The molecule has 0 radical (unpaired) electrons. The molecule has 2 fully saturated rings. The fourth-order valence-corrected chi connectivity index (χ4v) is 4.66. The molecule has 1 aromatic carbocycles. The number of allylic oxidation sites excluding steroid dienone is 3. The number of benzene rings is 1. The van der Waals surface area contributed by atoms with Crippen LogP contribution in [0.15, 0.2) is 55.7 Å².